The van der Waals surface area contributed by atoms with Gasteiger partial charge in [-0.15, -0.1) is 23.1 Å². The zero-order valence-electron chi connectivity index (χ0n) is 15.3. The van der Waals surface area contributed by atoms with Crippen molar-refractivity contribution in [1.29, 1.82) is 0 Å². The second kappa shape index (κ2) is 6.84. The number of thiophene rings is 1. The molecule has 2 saturated heterocycles. The van der Waals surface area contributed by atoms with Gasteiger partial charge < -0.3 is 15.0 Å². The molecule has 2 aliphatic heterocycles. The van der Waals surface area contributed by atoms with Gasteiger partial charge in [0.15, 0.2) is 0 Å². The maximum Gasteiger partial charge on any atom is 0.235 e. The SMILES string of the molecule is CC(Sc1cccs1)C(=O)N1CCC2(CC1)CC2NC(=O)C1(C)COC1. The molecule has 7 heteroatoms. The van der Waals surface area contributed by atoms with E-state index in [1.165, 1.54) is 4.21 Å². The van der Waals surface area contributed by atoms with Gasteiger partial charge in [0, 0.05) is 19.1 Å². The Morgan fingerprint density at radius 1 is 1.38 bits per heavy atom. The van der Waals surface area contributed by atoms with Crippen LogP contribution in [-0.4, -0.2) is 54.3 Å². The first-order chi connectivity index (χ1) is 12.4. The van der Waals surface area contributed by atoms with Crippen LogP contribution in [0.3, 0.4) is 0 Å². The van der Waals surface area contributed by atoms with E-state index in [-0.39, 0.29) is 33.9 Å². The van der Waals surface area contributed by atoms with E-state index in [0.717, 1.165) is 32.4 Å². The molecule has 1 aliphatic carbocycles. The molecule has 2 atom stereocenters. The van der Waals surface area contributed by atoms with Gasteiger partial charge in [-0.3, -0.25) is 9.59 Å². The average Bonchev–Trinajstić information content (AvgIpc) is 3.01. The first-order valence-corrected chi connectivity index (χ1v) is 11.1. The molecule has 2 unspecified atom stereocenters. The van der Waals surface area contributed by atoms with E-state index >= 15 is 0 Å². The summed E-state index contributed by atoms with van der Waals surface area (Å²) >= 11 is 3.33. The fraction of sp³-hybridized carbons (Fsp3) is 0.684. The summed E-state index contributed by atoms with van der Waals surface area (Å²) in [5.41, 5.74) is -0.119. The summed E-state index contributed by atoms with van der Waals surface area (Å²) in [5.74, 6) is 0.365. The van der Waals surface area contributed by atoms with Crippen molar-refractivity contribution in [2.24, 2.45) is 10.8 Å². The molecule has 0 aromatic carbocycles. The number of hydrogen-bond donors (Lipinski definition) is 1. The van der Waals surface area contributed by atoms with E-state index in [4.69, 9.17) is 4.74 Å². The molecule has 2 amide bonds. The molecule has 1 N–H and O–H groups in total. The summed E-state index contributed by atoms with van der Waals surface area (Å²) in [6, 6.07) is 4.37. The number of nitrogens with zero attached hydrogens (tertiary/aromatic N) is 1. The lowest BCUT2D eigenvalue weighted by atomic mass is 9.87. The number of hydrogen-bond acceptors (Lipinski definition) is 5. The fourth-order valence-corrected chi connectivity index (χ4v) is 5.99. The maximum atomic E-state index is 12.7. The summed E-state index contributed by atoms with van der Waals surface area (Å²) in [4.78, 5) is 27.1. The number of likely N-dealkylation sites (tertiary alicyclic amines) is 1. The van der Waals surface area contributed by atoms with E-state index in [9.17, 15) is 9.59 Å². The van der Waals surface area contributed by atoms with Crippen molar-refractivity contribution in [3.63, 3.8) is 0 Å². The van der Waals surface area contributed by atoms with Crippen LogP contribution in [0.15, 0.2) is 21.7 Å². The molecule has 3 aliphatic rings. The zero-order valence-corrected chi connectivity index (χ0v) is 17.0. The lowest BCUT2D eigenvalue weighted by Gasteiger charge is -2.37. The van der Waals surface area contributed by atoms with Crippen LogP contribution in [0.5, 0.6) is 0 Å². The lowest BCUT2D eigenvalue weighted by molar-refractivity contribution is -0.158. The van der Waals surface area contributed by atoms with Crippen LogP contribution in [0.2, 0.25) is 0 Å². The maximum absolute atomic E-state index is 12.7. The molecule has 3 heterocycles. The number of amides is 2. The smallest absolute Gasteiger partial charge is 0.235 e. The number of carbonyl (C=O) groups is 2. The Bertz CT molecular complexity index is 679. The van der Waals surface area contributed by atoms with Gasteiger partial charge in [0.1, 0.15) is 0 Å². The van der Waals surface area contributed by atoms with Gasteiger partial charge in [-0.2, -0.15) is 0 Å². The van der Waals surface area contributed by atoms with Crippen molar-refractivity contribution >= 4 is 34.9 Å². The number of thioether (sulfide) groups is 1. The summed E-state index contributed by atoms with van der Waals surface area (Å²) in [7, 11) is 0. The summed E-state index contributed by atoms with van der Waals surface area (Å²) in [6.45, 7) is 6.64. The minimum Gasteiger partial charge on any atom is -0.379 e. The Morgan fingerprint density at radius 2 is 2.12 bits per heavy atom. The third kappa shape index (κ3) is 3.41. The van der Waals surface area contributed by atoms with Crippen LogP contribution in [0.1, 0.15) is 33.1 Å². The molecule has 3 fully saturated rings. The topological polar surface area (TPSA) is 58.6 Å². The van der Waals surface area contributed by atoms with E-state index in [1.807, 2.05) is 30.2 Å². The molecule has 1 aromatic rings. The van der Waals surface area contributed by atoms with Crippen molar-refractivity contribution in [2.45, 2.75) is 48.6 Å². The number of piperidine rings is 1. The van der Waals surface area contributed by atoms with Crippen molar-refractivity contribution in [2.75, 3.05) is 26.3 Å². The third-order valence-corrected chi connectivity index (χ3v) is 8.25. The van der Waals surface area contributed by atoms with Gasteiger partial charge in [0.25, 0.3) is 0 Å². The molecule has 1 spiro atoms. The molecule has 5 nitrogen and oxygen atoms in total. The molecule has 142 valence electrons. The van der Waals surface area contributed by atoms with E-state index in [2.05, 4.69) is 11.4 Å². The normalized spacial score (nSPS) is 26.8. The van der Waals surface area contributed by atoms with Crippen LogP contribution in [0.4, 0.5) is 0 Å². The highest BCUT2D eigenvalue weighted by atomic mass is 32.2. The monoisotopic (exact) mass is 394 g/mol. The summed E-state index contributed by atoms with van der Waals surface area (Å²) in [5, 5.41) is 5.23. The first-order valence-electron chi connectivity index (χ1n) is 9.30. The van der Waals surface area contributed by atoms with E-state index < -0.39 is 0 Å². The van der Waals surface area contributed by atoms with Crippen molar-refractivity contribution < 1.29 is 14.3 Å². The minimum atomic E-state index is -0.338. The fourth-order valence-electron chi connectivity index (χ4n) is 3.96. The van der Waals surface area contributed by atoms with Crippen LogP contribution in [0.25, 0.3) is 0 Å². The minimum absolute atomic E-state index is 0.0454. The first kappa shape index (κ1) is 18.3. The summed E-state index contributed by atoms with van der Waals surface area (Å²) in [6.07, 6.45) is 3.04. The second-order valence-corrected chi connectivity index (χ2v) is 10.8. The van der Waals surface area contributed by atoms with Crippen LogP contribution in [0, 0.1) is 10.8 Å². The highest BCUT2D eigenvalue weighted by Crippen LogP contribution is 2.54. The Morgan fingerprint density at radius 3 is 2.69 bits per heavy atom. The van der Waals surface area contributed by atoms with Crippen LogP contribution < -0.4 is 5.32 Å². The number of carbonyl (C=O) groups excluding carboxylic acids is 2. The molecular weight excluding hydrogens is 368 g/mol. The van der Waals surface area contributed by atoms with Crippen molar-refractivity contribution in [3.05, 3.63) is 17.5 Å². The lowest BCUT2D eigenvalue weighted by Crippen LogP contribution is -2.53. The zero-order chi connectivity index (χ0) is 18.4. The predicted molar refractivity (Wildman–Crippen MR) is 103 cm³/mol. The van der Waals surface area contributed by atoms with Crippen molar-refractivity contribution in [1.82, 2.24) is 10.2 Å². The van der Waals surface area contributed by atoms with Gasteiger partial charge in [-0.1, -0.05) is 6.07 Å². The Balaban J connectivity index is 1.25. The molecule has 1 saturated carbocycles. The number of ether oxygens (including phenoxy) is 1. The van der Waals surface area contributed by atoms with Gasteiger partial charge in [-0.25, -0.2) is 0 Å². The molecule has 26 heavy (non-hydrogen) atoms. The molecule has 0 bridgehead atoms. The molecule has 4 rings (SSSR count). The largest absolute Gasteiger partial charge is 0.379 e. The molecule has 1 aromatic heterocycles. The van der Waals surface area contributed by atoms with E-state index in [1.54, 1.807) is 23.1 Å². The standard InChI is InChI=1S/C19H26N2O3S2/c1-13(26-15-4-3-9-25-15)16(22)21-7-5-19(6-8-21)10-14(19)20-17(23)18(2)11-24-12-18/h3-4,9,13-14H,5-8,10-12H2,1-2H3,(H,20,23). The molecular formula is C19H26N2O3S2. The molecule has 0 radical (unpaired) electrons. The highest BCUT2D eigenvalue weighted by Gasteiger charge is 2.57. The quantitative estimate of drug-likeness (QED) is 0.780. The average molecular weight is 395 g/mol. The Kier molecular flexibility index (Phi) is 4.82. The van der Waals surface area contributed by atoms with Gasteiger partial charge >= 0.3 is 0 Å². The predicted octanol–water partition coefficient (Wildman–Crippen LogP) is 2.76. The van der Waals surface area contributed by atoms with Crippen LogP contribution in [-0.2, 0) is 14.3 Å². The summed E-state index contributed by atoms with van der Waals surface area (Å²) < 4.78 is 6.38. The Labute approximate surface area is 162 Å². The number of nitrogens with one attached hydrogen (secondary N) is 1. The number of rotatable bonds is 5. The highest BCUT2D eigenvalue weighted by molar-refractivity contribution is 8.02. The Hall–Kier alpha value is -1.05. The van der Waals surface area contributed by atoms with Gasteiger partial charge in [0.05, 0.1) is 28.1 Å². The van der Waals surface area contributed by atoms with Crippen molar-refractivity contribution in [3.8, 4) is 0 Å². The third-order valence-electron chi connectivity index (χ3n) is 6.09. The second-order valence-electron chi connectivity index (χ2n) is 8.16. The van der Waals surface area contributed by atoms with Crippen LogP contribution >= 0.6 is 23.1 Å². The van der Waals surface area contributed by atoms with E-state index in [0.29, 0.717) is 13.2 Å². The van der Waals surface area contributed by atoms with Gasteiger partial charge in [0.2, 0.25) is 11.8 Å². The van der Waals surface area contributed by atoms with Gasteiger partial charge in [-0.05, 0) is 50.0 Å².